The molecule has 1 aromatic rings. The van der Waals surface area contributed by atoms with Crippen LogP contribution >= 0.6 is 23.8 Å². The maximum atomic E-state index is 11.9. The van der Waals surface area contributed by atoms with Crippen molar-refractivity contribution < 1.29 is 4.79 Å². The molecule has 1 amide bonds. The number of benzene rings is 1. The Morgan fingerprint density at radius 3 is 2.73 bits per heavy atom. The van der Waals surface area contributed by atoms with Gasteiger partial charge in [-0.25, -0.2) is 0 Å². The first kappa shape index (κ1) is 17.2. The molecule has 0 bridgehead atoms. The number of nitrogens with one attached hydrogen (secondary N) is 2. The number of aryl methyl sites for hydroxylation is 1. The van der Waals surface area contributed by atoms with E-state index in [-0.39, 0.29) is 5.91 Å². The second kappa shape index (κ2) is 8.49. The van der Waals surface area contributed by atoms with E-state index in [1.165, 1.54) is 32.1 Å². The third kappa shape index (κ3) is 5.58. The molecule has 0 radical (unpaired) electrons. The van der Waals surface area contributed by atoms with Gasteiger partial charge in [-0.3, -0.25) is 4.79 Å². The largest absolute Gasteiger partial charge is 0.332 e. The molecule has 1 fully saturated rings. The quantitative estimate of drug-likeness (QED) is 0.773. The van der Waals surface area contributed by atoms with Crippen LogP contribution in [0.5, 0.6) is 0 Å². The molecule has 1 aromatic carbocycles. The van der Waals surface area contributed by atoms with Gasteiger partial charge in [-0.2, -0.15) is 0 Å². The van der Waals surface area contributed by atoms with Crippen molar-refractivity contribution in [3.05, 3.63) is 28.8 Å². The standard InChI is InChI=1S/C17H23ClN2OS/c1-12-7-9-14(11-15(12)18)19-17(22)20-16(21)10-8-13-5-3-2-4-6-13/h7,9,11,13H,2-6,8,10H2,1H3,(H2,19,20,21,22). The van der Waals surface area contributed by atoms with E-state index in [1.54, 1.807) is 6.07 Å². The van der Waals surface area contributed by atoms with Crippen molar-refractivity contribution in [2.75, 3.05) is 5.32 Å². The molecule has 1 aliphatic rings. The molecular formula is C17H23ClN2OS. The molecule has 22 heavy (non-hydrogen) atoms. The van der Waals surface area contributed by atoms with Crippen LogP contribution in [-0.4, -0.2) is 11.0 Å². The van der Waals surface area contributed by atoms with Crippen LogP contribution in [0.4, 0.5) is 5.69 Å². The topological polar surface area (TPSA) is 41.1 Å². The number of rotatable bonds is 4. The Bertz CT molecular complexity index is 541. The van der Waals surface area contributed by atoms with Crippen LogP contribution in [0.3, 0.4) is 0 Å². The van der Waals surface area contributed by atoms with Crippen molar-refractivity contribution in [3.63, 3.8) is 0 Å². The maximum Gasteiger partial charge on any atom is 0.226 e. The molecule has 2 N–H and O–H groups in total. The minimum absolute atomic E-state index is 0.0127. The van der Waals surface area contributed by atoms with Crippen molar-refractivity contribution in [3.8, 4) is 0 Å². The molecular weight excluding hydrogens is 316 g/mol. The van der Waals surface area contributed by atoms with Gasteiger partial charge in [0.1, 0.15) is 0 Å². The summed E-state index contributed by atoms with van der Waals surface area (Å²) < 4.78 is 0. The Kier molecular flexibility index (Phi) is 6.65. The van der Waals surface area contributed by atoms with Gasteiger partial charge in [-0.05, 0) is 49.2 Å². The molecule has 1 saturated carbocycles. The fourth-order valence-electron chi connectivity index (χ4n) is 2.83. The summed E-state index contributed by atoms with van der Waals surface area (Å²) in [6, 6.07) is 5.61. The predicted octanol–water partition coefficient (Wildman–Crippen LogP) is 4.82. The van der Waals surface area contributed by atoms with Crippen LogP contribution in [0.2, 0.25) is 5.02 Å². The molecule has 0 aliphatic heterocycles. The fourth-order valence-corrected chi connectivity index (χ4v) is 3.25. The summed E-state index contributed by atoms with van der Waals surface area (Å²) in [4.78, 5) is 11.9. The van der Waals surface area contributed by atoms with E-state index in [1.807, 2.05) is 19.1 Å². The average Bonchev–Trinajstić information content (AvgIpc) is 2.50. The van der Waals surface area contributed by atoms with E-state index in [0.717, 1.165) is 17.7 Å². The third-order valence-corrected chi connectivity index (χ3v) is 4.80. The minimum atomic E-state index is -0.0127. The van der Waals surface area contributed by atoms with Crippen molar-refractivity contribution >= 4 is 40.5 Å². The summed E-state index contributed by atoms with van der Waals surface area (Å²) >= 11 is 11.2. The lowest BCUT2D eigenvalue weighted by Gasteiger charge is -2.21. The Morgan fingerprint density at radius 1 is 1.32 bits per heavy atom. The molecule has 0 spiro atoms. The molecule has 0 unspecified atom stereocenters. The van der Waals surface area contributed by atoms with Crippen LogP contribution in [0.25, 0.3) is 0 Å². The highest BCUT2D eigenvalue weighted by Crippen LogP contribution is 2.27. The lowest BCUT2D eigenvalue weighted by atomic mass is 9.86. The number of carbonyl (C=O) groups excluding carboxylic acids is 1. The van der Waals surface area contributed by atoms with Crippen LogP contribution in [-0.2, 0) is 4.79 Å². The van der Waals surface area contributed by atoms with Crippen LogP contribution in [0.1, 0.15) is 50.5 Å². The Balaban J connectivity index is 1.73. The van der Waals surface area contributed by atoms with E-state index in [0.29, 0.717) is 22.5 Å². The lowest BCUT2D eigenvalue weighted by Crippen LogP contribution is -2.34. The first-order chi connectivity index (χ1) is 10.5. The van der Waals surface area contributed by atoms with E-state index in [9.17, 15) is 4.79 Å². The van der Waals surface area contributed by atoms with Gasteiger partial charge >= 0.3 is 0 Å². The SMILES string of the molecule is Cc1ccc(NC(=S)NC(=O)CCC2CCCCC2)cc1Cl. The van der Waals surface area contributed by atoms with Gasteiger partial charge in [0.2, 0.25) is 5.91 Å². The highest BCUT2D eigenvalue weighted by molar-refractivity contribution is 7.80. The van der Waals surface area contributed by atoms with Gasteiger partial charge in [0.25, 0.3) is 0 Å². The van der Waals surface area contributed by atoms with Crippen molar-refractivity contribution in [1.82, 2.24) is 5.32 Å². The van der Waals surface area contributed by atoms with Crippen molar-refractivity contribution in [2.45, 2.75) is 51.9 Å². The molecule has 120 valence electrons. The van der Waals surface area contributed by atoms with Crippen molar-refractivity contribution in [2.24, 2.45) is 5.92 Å². The van der Waals surface area contributed by atoms with Gasteiger partial charge in [-0.1, -0.05) is 49.8 Å². The summed E-state index contributed by atoms with van der Waals surface area (Å²) in [5.74, 6) is 0.693. The first-order valence-corrected chi connectivity index (χ1v) is 8.70. The summed E-state index contributed by atoms with van der Waals surface area (Å²) in [7, 11) is 0. The number of thiocarbonyl (C=S) groups is 1. The van der Waals surface area contributed by atoms with Gasteiger partial charge in [-0.15, -0.1) is 0 Å². The number of anilines is 1. The number of amides is 1. The Morgan fingerprint density at radius 2 is 2.05 bits per heavy atom. The zero-order valence-electron chi connectivity index (χ0n) is 13.0. The molecule has 0 saturated heterocycles. The smallest absolute Gasteiger partial charge is 0.226 e. The average molecular weight is 339 g/mol. The Labute approximate surface area is 142 Å². The maximum absolute atomic E-state index is 11.9. The van der Waals surface area contributed by atoms with E-state index in [2.05, 4.69) is 10.6 Å². The highest BCUT2D eigenvalue weighted by Gasteiger charge is 2.15. The monoisotopic (exact) mass is 338 g/mol. The Hall–Kier alpha value is -1.13. The van der Waals surface area contributed by atoms with E-state index < -0.39 is 0 Å². The van der Waals surface area contributed by atoms with Gasteiger partial charge in [0.15, 0.2) is 5.11 Å². The van der Waals surface area contributed by atoms with Gasteiger partial charge < -0.3 is 10.6 Å². The predicted molar refractivity (Wildman–Crippen MR) is 96.4 cm³/mol. The second-order valence-corrected chi connectivity index (χ2v) is 6.82. The number of halogens is 1. The fraction of sp³-hybridized carbons (Fsp3) is 0.529. The van der Waals surface area contributed by atoms with Gasteiger partial charge in [0, 0.05) is 17.1 Å². The molecule has 2 rings (SSSR count). The lowest BCUT2D eigenvalue weighted by molar-refractivity contribution is -0.120. The summed E-state index contributed by atoms with van der Waals surface area (Å²) in [6.07, 6.45) is 7.98. The molecule has 3 nitrogen and oxygen atoms in total. The molecule has 0 aromatic heterocycles. The van der Waals surface area contributed by atoms with Crippen LogP contribution < -0.4 is 10.6 Å². The second-order valence-electron chi connectivity index (χ2n) is 6.01. The minimum Gasteiger partial charge on any atom is -0.332 e. The highest BCUT2D eigenvalue weighted by atomic mass is 35.5. The normalized spacial score (nSPS) is 15.4. The molecule has 1 aliphatic carbocycles. The summed E-state index contributed by atoms with van der Waals surface area (Å²) in [5.41, 5.74) is 1.79. The summed E-state index contributed by atoms with van der Waals surface area (Å²) in [6.45, 7) is 1.94. The van der Waals surface area contributed by atoms with E-state index in [4.69, 9.17) is 23.8 Å². The molecule has 0 heterocycles. The van der Waals surface area contributed by atoms with Gasteiger partial charge in [0.05, 0.1) is 0 Å². The zero-order chi connectivity index (χ0) is 15.9. The van der Waals surface area contributed by atoms with Crippen LogP contribution in [0, 0.1) is 12.8 Å². The molecule has 5 heteroatoms. The molecule has 0 atom stereocenters. The number of hydrogen-bond donors (Lipinski definition) is 2. The number of carbonyl (C=O) groups is 1. The number of hydrogen-bond acceptors (Lipinski definition) is 2. The summed E-state index contributed by atoms with van der Waals surface area (Å²) in [5, 5.41) is 6.74. The first-order valence-electron chi connectivity index (χ1n) is 7.91. The third-order valence-electron chi connectivity index (χ3n) is 4.19. The van der Waals surface area contributed by atoms with E-state index >= 15 is 0 Å². The zero-order valence-corrected chi connectivity index (χ0v) is 14.5. The van der Waals surface area contributed by atoms with Crippen molar-refractivity contribution in [1.29, 1.82) is 0 Å². The van der Waals surface area contributed by atoms with Crippen LogP contribution in [0.15, 0.2) is 18.2 Å².